The van der Waals surface area contributed by atoms with E-state index in [1.807, 2.05) is 23.6 Å². The summed E-state index contributed by atoms with van der Waals surface area (Å²) in [5.74, 6) is -0.469. The van der Waals surface area contributed by atoms with Gasteiger partial charge in [0.25, 0.3) is 0 Å². The molecule has 0 saturated carbocycles. The fourth-order valence-electron chi connectivity index (χ4n) is 2.76. The molecular weight excluding hydrogens is 299 g/mol. The lowest BCUT2D eigenvalue weighted by molar-refractivity contribution is 0.115. The van der Waals surface area contributed by atoms with E-state index in [1.165, 1.54) is 10.9 Å². The highest BCUT2D eigenvalue weighted by Crippen LogP contribution is 2.27. The third kappa shape index (κ3) is 3.29. The van der Waals surface area contributed by atoms with Crippen molar-refractivity contribution < 1.29 is 9.13 Å². The maximum Gasteiger partial charge on any atom is 0.143 e. The molecule has 2 heterocycles. The summed E-state index contributed by atoms with van der Waals surface area (Å²) >= 11 is 1.66. The van der Waals surface area contributed by atoms with Gasteiger partial charge in [-0.15, -0.1) is 11.3 Å². The highest BCUT2D eigenvalue weighted by Gasteiger charge is 2.22. The van der Waals surface area contributed by atoms with Gasteiger partial charge in [-0.2, -0.15) is 5.26 Å². The number of hydrogen-bond acceptors (Lipinski definition) is 4. The molecule has 1 aromatic heterocycles. The molecule has 1 saturated heterocycles. The SMILES string of the molecule is N#Cc1c(F)cccc1N(Cc1cccs1)CC1CCCO1. The summed E-state index contributed by atoms with van der Waals surface area (Å²) in [6.45, 7) is 2.12. The van der Waals surface area contributed by atoms with Crippen LogP contribution in [0.1, 0.15) is 23.3 Å². The quantitative estimate of drug-likeness (QED) is 0.838. The summed E-state index contributed by atoms with van der Waals surface area (Å²) in [7, 11) is 0. The minimum absolute atomic E-state index is 0.108. The minimum atomic E-state index is -0.469. The van der Waals surface area contributed by atoms with E-state index in [-0.39, 0.29) is 11.7 Å². The van der Waals surface area contributed by atoms with Gasteiger partial charge in [-0.3, -0.25) is 0 Å². The second-order valence-electron chi connectivity index (χ2n) is 5.34. The Kier molecular flexibility index (Phi) is 4.71. The Morgan fingerprint density at radius 1 is 1.36 bits per heavy atom. The van der Waals surface area contributed by atoms with Crippen molar-refractivity contribution in [2.45, 2.75) is 25.5 Å². The Bertz CT molecular complexity index is 660. The molecule has 22 heavy (non-hydrogen) atoms. The molecule has 0 radical (unpaired) electrons. The van der Waals surface area contributed by atoms with Crippen molar-refractivity contribution in [3.63, 3.8) is 0 Å². The second-order valence-corrected chi connectivity index (χ2v) is 6.37. The highest BCUT2D eigenvalue weighted by molar-refractivity contribution is 7.09. The van der Waals surface area contributed by atoms with Crippen molar-refractivity contribution in [1.82, 2.24) is 0 Å². The lowest BCUT2D eigenvalue weighted by atomic mass is 10.1. The first-order valence-corrected chi connectivity index (χ1v) is 8.23. The number of halogens is 1. The number of ether oxygens (including phenoxy) is 1. The molecule has 0 N–H and O–H groups in total. The molecule has 0 spiro atoms. The molecule has 2 aromatic rings. The molecule has 0 bridgehead atoms. The van der Waals surface area contributed by atoms with E-state index in [4.69, 9.17) is 4.74 Å². The first-order chi connectivity index (χ1) is 10.8. The van der Waals surface area contributed by atoms with E-state index >= 15 is 0 Å². The number of benzene rings is 1. The van der Waals surface area contributed by atoms with Crippen LogP contribution < -0.4 is 4.90 Å². The predicted octanol–water partition coefficient (Wildman–Crippen LogP) is 3.94. The van der Waals surface area contributed by atoms with Crippen molar-refractivity contribution in [2.24, 2.45) is 0 Å². The van der Waals surface area contributed by atoms with E-state index < -0.39 is 5.82 Å². The largest absolute Gasteiger partial charge is 0.376 e. The van der Waals surface area contributed by atoms with E-state index in [0.717, 1.165) is 19.4 Å². The van der Waals surface area contributed by atoms with Crippen molar-refractivity contribution in [3.8, 4) is 6.07 Å². The van der Waals surface area contributed by atoms with Gasteiger partial charge >= 0.3 is 0 Å². The fraction of sp³-hybridized carbons (Fsp3) is 0.353. The summed E-state index contributed by atoms with van der Waals surface area (Å²) in [6.07, 6.45) is 2.22. The van der Waals surface area contributed by atoms with Gasteiger partial charge in [-0.1, -0.05) is 12.1 Å². The Hall–Kier alpha value is -1.90. The van der Waals surface area contributed by atoms with E-state index in [0.29, 0.717) is 18.8 Å². The van der Waals surface area contributed by atoms with Crippen LogP contribution in [-0.2, 0) is 11.3 Å². The molecule has 1 unspecified atom stereocenters. The van der Waals surface area contributed by atoms with Crippen LogP contribution in [0.5, 0.6) is 0 Å². The highest BCUT2D eigenvalue weighted by atomic mass is 32.1. The number of anilines is 1. The van der Waals surface area contributed by atoms with Gasteiger partial charge in [0.15, 0.2) is 0 Å². The van der Waals surface area contributed by atoms with Gasteiger partial charge in [0, 0.05) is 18.0 Å². The molecule has 5 heteroatoms. The molecule has 0 aliphatic carbocycles. The first-order valence-electron chi connectivity index (χ1n) is 7.35. The van der Waals surface area contributed by atoms with Crippen molar-refractivity contribution >= 4 is 17.0 Å². The van der Waals surface area contributed by atoms with Crippen LogP contribution in [0, 0.1) is 17.1 Å². The summed E-state index contributed by atoms with van der Waals surface area (Å²) in [5, 5.41) is 11.3. The molecule has 1 aliphatic rings. The van der Waals surface area contributed by atoms with Crippen LogP contribution in [0.25, 0.3) is 0 Å². The monoisotopic (exact) mass is 316 g/mol. The summed E-state index contributed by atoms with van der Waals surface area (Å²) in [4.78, 5) is 3.25. The average molecular weight is 316 g/mol. The lowest BCUT2D eigenvalue weighted by Crippen LogP contribution is -2.32. The molecule has 114 valence electrons. The summed E-state index contributed by atoms with van der Waals surface area (Å²) < 4.78 is 19.6. The van der Waals surface area contributed by atoms with Crippen LogP contribution in [0.3, 0.4) is 0 Å². The van der Waals surface area contributed by atoms with Crippen molar-refractivity contribution in [2.75, 3.05) is 18.1 Å². The summed E-state index contributed by atoms with van der Waals surface area (Å²) in [5.41, 5.74) is 0.753. The van der Waals surface area contributed by atoms with Gasteiger partial charge in [-0.05, 0) is 36.4 Å². The number of nitriles is 1. The average Bonchev–Trinajstić information content (AvgIpc) is 3.20. The molecule has 1 atom stereocenters. The molecular formula is C17H17FN2OS. The molecule has 1 aliphatic heterocycles. The summed E-state index contributed by atoms with van der Waals surface area (Å²) in [6, 6.07) is 10.8. The molecule has 1 fully saturated rings. The third-order valence-corrected chi connectivity index (χ3v) is 4.68. The normalized spacial score (nSPS) is 17.4. The van der Waals surface area contributed by atoms with Gasteiger partial charge in [0.2, 0.25) is 0 Å². The fourth-order valence-corrected chi connectivity index (χ4v) is 3.48. The number of hydrogen-bond donors (Lipinski definition) is 0. The van der Waals surface area contributed by atoms with Gasteiger partial charge < -0.3 is 9.64 Å². The van der Waals surface area contributed by atoms with Gasteiger partial charge in [0.05, 0.1) is 18.3 Å². The van der Waals surface area contributed by atoms with Crippen molar-refractivity contribution in [3.05, 3.63) is 52.0 Å². The molecule has 3 rings (SSSR count). The van der Waals surface area contributed by atoms with Crippen LogP contribution in [0.2, 0.25) is 0 Å². The second kappa shape index (κ2) is 6.91. The van der Waals surface area contributed by atoms with E-state index in [1.54, 1.807) is 17.4 Å². The Labute approximate surface area is 133 Å². The zero-order valence-electron chi connectivity index (χ0n) is 12.2. The zero-order valence-corrected chi connectivity index (χ0v) is 13.0. The van der Waals surface area contributed by atoms with Crippen LogP contribution >= 0.6 is 11.3 Å². The van der Waals surface area contributed by atoms with Gasteiger partial charge in [-0.25, -0.2) is 4.39 Å². The topological polar surface area (TPSA) is 36.3 Å². The number of nitrogens with zero attached hydrogens (tertiary/aromatic N) is 2. The van der Waals surface area contributed by atoms with Crippen LogP contribution in [0.15, 0.2) is 35.7 Å². The lowest BCUT2D eigenvalue weighted by Gasteiger charge is -2.28. The maximum absolute atomic E-state index is 13.9. The molecule has 0 amide bonds. The number of thiophene rings is 1. The Morgan fingerprint density at radius 3 is 2.95 bits per heavy atom. The Morgan fingerprint density at radius 2 is 2.27 bits per heavy atom. The smallest absolute Gasteiger partial charge is 0.143 e. The zero-order chi connectivity index (χ0) is 15.4. The molecule has 1 aromatic carbocycles. The van der Waals surface area contributed by atoms with Crippen LogP contribution in [0.4, 0.5) is 10.1 Å². The number of rotatable bonds is 5. The van der Waals surface area contributed by atoms with Crippen LogP contribution in [-0.4, -0.2) is 19.3 Å². The van der Waals surface area contributed by atoms with E-state index in [2.05, 4.69) is 11.0 Å². The van der Waals surface area contributed by atoms with E-state index in [9.17, 15) is 9.65 Å². The van der Waals surface area contributed by atoms with Gasteiger partial charge in [0.1, 0.15) is 17.4 Å². The Balaban J connectivity index is 1.90. The predicted molar refractivity (Wildman–Crippen MR) is 85.5 cm³/mol. The first kappa shape index (κ1) is 15.0. The minimum Gasteiger partial charge on any atom is -0.376 e. The molecule has 3 nitrogen and oxygen atoms in total. The third-order valence-electron chi connectivity index (χ3n) is 3.82. The van der Waals surface area contributed by atoms with Crippen molar-refractivity contribution in [1.29, 1.82) is 5.26 Å². The standard InChI is InChI=1S/C17H17FN2OS/c18-16-6-1-7-17(15(16)10-19)20(11-13-4-2-8-21-13)12-14-5-3-9-22-14/h1,3,5-7,9,13H,2,4,8,11-12H2. The maximum atomic E-state index is 13.9.